The van der Waals surface area contributed by atoms with E-state index in [1.165, 1.54) is 18.2 Å². The second-order valence-electron chi connectivity index (χ2n) is 3.95. The second-order valence-corrected chi connectivity index (χ2v) is 4.35. The number of carbonyl (C=O) groups is 1. The highest BCUT2D eigenvalue weighted by Crippen LogP contribution is 2.25. The Morgan fingerprint density at radius 3 is 2.53 bits per heavy atom. The second kappa shape index (κ2) is 5.44. The van der Waals surface area contributed by atoms with Gasteiger partial charge in [0.15, 0.2) is 0 Å². The molecule has 1 rings (SSSR count). The molecule has 3 N–H and O–H groups in total. The maximum Gasteiger partial charge on any atom is 0.322 e. The monoisotopic (exact) mass is 260 g/mol. The molecule has 2 unspecified atom stereocenters. The minimum atomic E-state index is -1.12. The number of nitrogens with two attached hydrogens (primary N) is 1. The molecule has 1 aromatic rings. The van der Waals surface area contributed by atoms with E-state index in [2.05, 4.69) is 0 Å². The largest absolute Gasteiger partial charge is 0.480 e. The zero-order chi connectivity index (χ0) is 13.2. The summed E-state index contributed by atoms with van der Waals surface area (Å²) in [4.78, 5) is 12.6. The van der Waals surface area contributed by atoms with Crippen LogP contribution in [0.4, 0.5) is 4.39 Å². The van der Waals surface area contributed by atoms with Gasteiger partial charge < -0.3 is 15.7 Å². The van der Waals surface area contributed by atoms with Crippen LogP contribution in [0.25, 0.3) is 0 Å². The molecular formula is C11H14ClFN2O2. The summed E-state index contributed by atoms with van der Waals surface area (Å²) in [5, 5.41) is 8.88. The lowest BCUT2D eigenvalue weighted by atomic mass is 9.99. The lowest BCUT2D eigenvalue weighted by Crippen LogP contribution is -2.43. The van der Waals surface area contributed by atoms with Gasteiger partial charge in [0.2, 0.25) is 0 Å². The molecule has 0 aliphatic rings. The molecule has 0 aliphatic carbocycles. The van der Waals surface area contributed by atoms with Crippen molar-refractivity contribution in [3.8, 4) is 0 Å². The average molecular weight is 261 g/mol. The van der Waals surface area contributed by atoms with Gasteiger partial charge in [0.25, 0.3) is 0 Å². The highest BCUT2D eigenvalue weighted by atomic mass is 35.5. The van der Waals surface area contributed by atoms with Gasteiger partial charge in [0.05, 0.1) is 11.1 Å². The van der Waals surface area contributed by atoms with Gasteiger partial charge in [-0.1, -0.05) is 17.7 Å². The number of nitrogens with zero attached hydrogens (tertiary/aromatic N) is 1. The Labute approximate surface area is 104 Å². The Morgan fingerprint density at radius 2 is 2.12 bits per heavy atom. The van der Waals surface area contributed by atoms with Crippen LogP contribution in [0.1, 0.15) is 11.6 Å². The first-order chi connectivity index (χ1) is 7.84. The Morgan fingerprint density at radius 1 is 1.53 bits per heavy atom. The summed E-state index contributed by atoms with van der Waals surface area (Å²) < 4.78 is 13.0. The molecule has 0 heterocycles. The van der Waals surface area contributed by atoms with Gasteiger partial charge in [-0.05, 0) is 31.8 Å². The normalized spacial score (nSPS) is 14.7. The molecule has 0 saturated heterocycles. The van der Waals surface area contributed by atoms with Gasteiger partial charge in [-0.3, -0.25) is 4.79 Å². The fourth-order valence-electron chi connectivity index (χ4n) is 1.66. The first-order valence-electron chi connectivity index (χ1n) is 4.94. The minimum absolute atomic E-state index is 0.0491. The third kappa shape index (κ3) is 3.15. The molecule has 94 valence electrons. The summed E-state index contributed by atoms with van der Waals surface area (Å²) in [6.07, 6.45) is 0. The van der Waals surface area contributed by atoms with Gasteiger partial charge in [0, 0.05) is 0 Å². The van der Waals surface area contributed by atoms with E-state index in [9.17, 15) is 9.18 Å². The van der Waals surface area contributed by atoms with E-state index in [0.717, 1.165) is 0 Å². The molecule has 17 heavy (non-hydrogen) atoms. The molecule has 0 bridgehead atoms. The van der Waals surface area contributed by atoms with Crippen molar-refractivity contribution in [2.24, 2.45) is 5.73 Å². The van der Waals surface area contributed by atoms with Gasteiger partial charge in [-0.15, -0.1) is 0 Å². The van der Waals surface area contributed by atoms with E-state index >= 15 is 0 Å². The van der Waals surface area contributed by atoms with Crippen LogP contribution in [-0.2, 0) is 4.79 Å². The summed E-state index contributed by atoms with van der Waals surface area (Å²) in [5.74, 6) is -1.67. The number of carboxylic acid groups (broad SMARTS) is 1. The average Bonchev–Trinajstić information content (AvgIpc) is 2.22. The van der Waals surface area contributed by atoms with Gasteiger partial charge >= 0.3 is 5.97 Å². The van der Waals surface area contributed by atoms with Crippen molar-refractivity contribution >= 4 is 17.6 Å². The van der Waals surface area contributed by atoms with Crippen LogP contribution in [-0.4, -0.2) is 36.1 Å². The van der Waals surface area contributed by atoms with Gasteiger partial charge in [-0.25, -0.2) is 4.39 Å². The number of hydrogen-bond donors (Lipinski definition) is 2. The van der Waals surface area contributed by atoms with Crippen molar-refractivity contribution in [2.75, 3.05) is 14.1 Å². The van der Waals surface area contributed by atoms with Gasteiger partial charge in [0.1, 0.15) is 11.9 Å². The van der Waals surface area contributed by atoms with Crippen molar-refractivity contribution in [2.45, 2.75) is 12.1 Å². The number of benzene rings is 1. The van der Waals surface area contributed by atoms with Crippen LogP contribution >= 0.6 is 11.6 Å². The van der Waals surface area contributed by atoms with Crippen LogP contribution in [0.2, 0.25) is 5.02 Å². The maximum absolute atomic E-state index is 13.0. The molecule has 2 atom stereocenters. The van der Waals surface area contributed by atoms with E-state index in [-0.39, 0.29) is 5.02 Å². The number of aliphatic carboxylic acids is 1. The van der Waals surface area contributed by atoms with E-state index in [0.29, 0.717) is 5.56 Å². The molecule has 0 fully saturated rings. The van der Waals surface area contributed by atoms with E-state index in [4.69, 9.17) is 22.4 Å². The fourth-order valence-corrected chi connectivity index (χ4v) is 1.85. The highest BCUT2D eigenvalue weighted by Gasteiger charge is 2.28. The minimum Gasteiger partial charge on any atom is -0.480 e. The van der Waals surface area contributed by atoms with Crippen molar-refractivity contribution in [3.05, 3.63) is 34.6 Å². The summed E-state index contributed by atoms with van der Waals surface area (Å²) >= 11 is 5.67. The summed E-state index contributed by atoms with van der Waals surface area (Å²) in [5.41, 5.74) is 6.17. The zero-order valence-electron chi connectivity index (χ0n) is 9.52. The third-order valence-corrected chi connectivity index (χ3v) is 2.76. The predicted octanol–water partition coefficient (Wildman–Crippen LogP) is 1.49. The van der Waals surface area contributed by atoms with Crippen LogP contribution in [0, 0.1) is 5.82 Å². The number of carboxylic acids is 1. The standard InChI is InChI=1S/C11H14ClFN2O2/c1-15(2)10(9(14)11(16)17)6-3-4-8(13)7(12)5-6/h3-5,9-10H,14H2,1-2H3,(H,16,17). The quantitative estimate of drug-likeness (QED) is 0.861. The lowest BCUT2D eigenvalue weighted by Gasteiger charge is -2.28. The van der Waals surface area contributed by atoms with E-state index < -0.39 is 23.9 Å². The maximum atomic E-state index is 13.0. The predicted molar refractivity (Wildman–Crippen MR) is 63.4 cm³/mol. The zero-order valence-corrected chi connectivity index (χ0v) is 10.3. The first-order valence-corrected chi connectivity index (χ1v) is 5.32. The third-order valence-electron chi connectivity index (χ3n) is 2.47. The van der Waals surface area contributed by atoms with Crippen molar-refractivity contribution < 1.29 is 14.3 Å². The van der Waals surface area contributed by atoms with Crippen LogP contribution in [0.5, 0.6) is 0 Å². The summed E-state index contributed by atoms with van der Waals surface area (Å²) in [6, 6.07) is 2.40. The van der Waals surface area contributed by atoms with E-state index in [1.54, 1.807) is 19.0 Å². The summed E-state index contributed by atoms with van der Waals surface area (Å²) in [7, 11) is 3.40. The van der Waals surface area contributed by atoms with Gasteiger partial charge in [-0.2, -0.15) is 0 Å². The molecule has 1 aromatic carbocycles. The molecule has 6 heteroatoms. The SMILES string of the molecule is CN(C)C(c1ccc(F)c(Cl)c1)C(N)C(=O)O. The number of halogens is 2. The molecular weight excluding hydrogens is 247 g/mol. The molecule has 0 aromatic heterocycles. The lowest BCUT2D eigenvalue weighted by molar-refractivity contribution is -0.140. The first kappa shape index (κ1) is 13.9. The van der Waals surface area contributed by atoms with Crippen LogP contribution < -0.4 is 5.73 Å². The molecule has 0 spiro atoms. The fraction of sp³-hybridized carbons (Fsp3) is 0.364. The van der Waals surface area contributed by atoms with Crippen molar-refractivity contribution in [1.29, 1.82) is 0 Å². The number of rotatable bonds is 4. The Hall–Kier alpha value is -1.17. The van der Waals surface area contributed by atoms with Crippen LogP contribution in [0.3, 0.4) is 0 Å². The van der Waals surface area contributed by atoms with Crippen molar-refractivity contribution in [1.82, 2.24) is 4.90 Å². The molecule has 0 saturated carbocycles. The Bertz CT molecular complexity index is 426. The topological polar surface area (TPSA) is 66.6 Å². The molecule has 0 amide bonds. The van der Waals surface area contributed by atoms with E-state index in [1.807, 2.05) is 0 Å². The number of hydrogen-bond acceptors (Lipinski definition) is 3. The smallest absolute Gasteiger partial charge is 0.322 e. The highest BCUT2D eigenvalue weighted by molar-refractivity contribution is 6.30. The Balaban J connectivity index is 3.14. The van der Waals surface area contributed by atoms with Crippen LogP contribution in [0.15, 0.2) is 18.2 Å². The molecule has 0 radical (unpaired) electrons. The molecule has 0 aliphatic heterocycles. The molecule has 4 nitrogen and oxygen atoms in total. The summed E-state index contributed by atoms with van der Waals surface area (Å²) in [6.45, 7) is 0. The van der Waals surface area contributed by atoms with Crippen molar-refractivity contribution in [3.63, 3.8) is 0 Å². The Kier molecular flexibility index (Phi) is 4.45. The number of likely N-dealkylation sites (N-methyl/N-ethyl adjacent to an activating group) is 1.